The second kappa shape index (κ2) is 36.8. The van der Waals surface area contributed by atoms with Crippen molar-refractivity contribution in [3.63, 3.8) is 0 Å². The van der Waals surface area contributed by atoms with Crippen LogP contribution in [0, 0.1) is 0 Å². The molecular weight excluding hydrogens is 819 g/mol. The molecule has 0 radical (unpaired) electrons. The summed E-state index contributed by atoms with van der Waals surface area (Å²) in [4.78, 5) is 35.7. The lowest BCUT2D eigenvalue weighted by molar-refractivity contribution is -0.220. The zero-order valence-corrected chi connectivity index (χ0v) is 38.4. The van der Waals surface area contributed by atoms with Gasteiger partial charge in [-0.15, -0.1) is 0 Å². The highest BCUT2D eigenvalue weighted by atomic mass is 31.2. The first kappa shape index (κ1) is 57.5. The molecule has 1 saturated carbocycles. The Morgan fingerprint density at radius 1 is 0.581 bits per heavy atom. The molecule has 0 aliphatic heterocycles. The second-order valence-corrected chi connectivity index (χ2v) is 17.5. The summed E-state index contributed by atoms with van der Waals surface area (Å²) in [6, 6.07) is 0. The van der Waals surface area contributed by atoms with Crippen molar-refractivity contribution in [2.75, 3.05) is 13.2 Å². The molecule has 1 fully saturated rings. The number of ether oxygens (including phenoxy) is 2. The van der Waals surface area contributed by atoms with Crippen LogP contribution in [0.15, 0.2) is 60.8 Å². The first-order valence-electron chi connectivity index (χ1n) is 23.2. The Hall–Kier alpha value is -2.49. The van der Waals surface area contributed by atoms with Crippen LogP contribution in [0.3, 0.4) is 0 Å². The first-order chi connectivity index (χ1) is 29.8. The summed E-state index contributed by atoms with van der Waals surface area (Å²) >= 11 is 0. The number of hydrogen-bond acceptors (Lipinski definition) is 13. The number of aliphatic hydroxyl groups is 6. The third-order valence-electron chi connectivity index (χ3n) is 10.4. The molecule has 14 nitrogen and oxygen atoms in total. The summed E-state index contributed by atoms with van der Waals surface area (Å²) in [6.45, 7) is 3.13. The monoisotopic (exact) mass is 901 g/mol. The van der Waals surface area contributed by atoms with E-state index in [1.54, 1.807) is 6.08 Å². The lowest BCUT2D eigenvalue weighted by Gasteiger charge is -2.41. The highest BCUT2D eigenvalue weighted by Gasteiger charge is 2.51. The van der Waals surface area contributed by atoms with E-state index >= 15 is 0 Å². The molecule has 0 aromatic heterocycles. The fourth-order valence-corrected chi connectivity index (χ4v) is 7.57. The van der Waals surface area contributed by atoms with Crippen LogP contribution in [-0.4, -0.2) is 110 Å². The maximum absolute atomic E-state index is 12.8. The van der Waals surface area contributed by atoms with E-state index < -0.39 is 81.8 Å². The van der Waals surface area contributed by atoms with E-state index in [1.807, 2.05) is 36.5 Å². The number of phosphoric acid groups is 1. The summed E-state index contributed by atoms with van der Waals surface area (Å²) in [5.41, 5.74) is 0. The van der Waals surface area contributed by atoms with E-state index in [0.29, 0.717) is 32.1 Å². The van der Waals surface area contributed by atoms with Crippen molar-refractivity contribution in [2.24, 2.45) is 0 Å². The molecule has 358 valence electrons. The van der Waals surface area contributed by atoms with Gasteiger partial charge in [-0.05, 0) is 70.6 Å². The minimum atomic E-state index is -5.15. The number of aliphatic hydroxyl groups excluding tert-OH is 6. The summed E-state index contributed by atoms with van der Waals surface area (Å²) in [7, 11) is -5.15. The minimum absolute atomic E-state index is 0.0554. The average Bonchev–Trinajstić information content (AvgIpc) is 3.25. The molecule has 7 N–H and O–H groups in total. The summed E-state index contributed by atoms with van der Waals surface area (Å²) < 4.78 is 33.4. The second-order valence-electron chi connectivity index (χ2n) is 16.1. The van der Waals surface area contributed by atoms with E-state index in [0.717, 1.165) is 44.9 Å². The number of hydrogen-bond donors (Lipinski definition) is 7. The highest BCUT2D eigenvalue weighted by Crippen LogP contribution is 2.47. The Morgan fingerprint density at radius 3 is 1.73 bits per heavy atom. The number of unbranched alkanes of at least 4 members (excludes halogenated alkanes) is 15. The van der Waals surface area contributed by atoms with Crippen LogP contribution in [-0.2, 0) is 32.7 Å². The molecular formula is C47H81O14P. The topological polar surface area (TPSA) is 230 Å². The lowest BCUT2D eigenvalue weighted by atomic mass is 9.85. The van der Waals surface area contributed by atoms with Gasteiger partial charge in [0.05, 0.1) is 12.7 Å². The molecule has 9 atom stereocenters. The zero-order valence-electron chi connectivity index (χ0n) is 37.5. The van der Waals surface area contributed by atoms with Gasteiger partial charge >= 0.3 is 19.8 Å². The number of allylic oxidation sites excluding steroid dienone is 8. The summed E-state index contributed by atoms with van der Waals surface area (Å²) in [5.74, 6) is -1.22. The molecule has 0 bridgehead atoms. The average molecular weight is 901 g/mol. The van der Waals surface area contributed by atoms with E-state index in [9.17, 15) is 49.7 Å². The normalized spacial score (nSPS) is 22.9. The van der Waals surface area contributed by atoms with Gasteiger partial charge in [-0.1, -0.05) is 139 Å². The van der Waals surface area contributed by atoms with Gasteiger partial charge in [0.2, 0.25) is 0 Å². The number of rotatable bonds is 37. The molecule has 0 spiro atoms. The van der Waals surface area contributed by atoms with Crippen LogP contribution < -0.4 is 0 Å². The Labute approximate surface area is 371 Å². The molecule has 62 heavy (non-hydrogen) atoms. The number of esters is 2. The van der Waals surface area contributed by atoms with Crippen molar-refractivity contribution >= 4 is 19.8 Å². The quantitative estimate of drug-likeness (QED) is 0.0103. The lowest BCUT2D eigenvalue weighted by Crippen LogP contribution is -2.64. The van der Waals surface area contributed by atoms with Crippen LogP contribution >= 0.6 is 7.82 Å². The number of phosphoric ester groups is 1. The van der Waals surface area contributed by atoms with Crippen molar-refractivity contribution in [3.8, 4) is 0 Å². The predicted octanol–water partition coefficient (Wildman–Crippen LogP) is 7.92. The fraction of sp³-hybridized carbons (Fsp3) is 0.745. The van der Waals surface area contributed by atoms with Gasteiger partial charge in [0.15, 0.2) is 6.10 Å². The zero-order chi connectivity index (χ0) is 45.9. The molecule has 3 unspecified atom stereocenters. The Balaban J connectivity index is 2.54. The van der Waals surface area contributed by atoms with Crippen molar-refractivity contribution in [2.45, 2.75) is 210 Å². The highest BCUT2D eigenvalue weighted by molar-refractivity contribution is 7.47. The molecule has 15 heteroatoms. The summed E-state index contributed by atoms with van der Waals surface area (Å²) in [5, 5.41) is 60.2. The maximum atomic E-state index is 12.8. The Morgan fingerprint density at radius 2 is 1.08 bits per heavy atom. The van der Waals surface area contributed by atoms with Crippen LogP contribution in [0.4, 0.5) is 0 Å². The van der Waals surface area contributed by atoms with Gasteiger partial charge in [-0.25, -0.2) is 4.57 Å². The van der Waals surface area contributed by atoms with Gasteiger partial charge < -0.3 is 45.0 Å². The third-order valence-corrected chi connectivity index (χ3v) is 11.4. The smallest absolute Gasteiger partial charge is 0.462 e. The molecule has 0 aromatic rings. The SMILES string of the molecule is CCCCC/C=C\C[C@@H](O)/C=C/C=C\C/C=C\CCCC(=O)OC[C@H](COP(=O)(O)OC1[C@H](O)[C@H](O)C(O)[C@H](O)[C@H]1O)OC(=O)CCCCCCC/C=C\CCCCCCCC. The minimum Gasteiger partial charge on any atom is -0.462 e. The van der Waals surface area contributed by atoms with Gasteiger partial charge in [-0.2, -0.15) is 0 Å². The largest absolute Gasteiger partial charge is 0.472 e. The van der Waals surface area contributed by atoms with Gasteiger partial charge in [0, 0.05) is 12.8 Å². The molecule has 0 saturated heterocycles. The molecule has 1 aliphatic carbocycles. The van der Waals surface area contributed by atoms with Crippen LogP contribution in [0.1, 0.15) is 162 Å². The summed E-state index contributed by atoms with van der Waals surface area (Å²) in [6.07, 6.45) is 27.3. The Kier molecular flexibility index (Phi) is 34.2. The van der Waals surface area contributed by atoms with Gasteiger partial charge in [0.1, 0.15) is 43.2 Å². The van der Waals surface area contributed by atoms with Crippen molar-refractivity contribution in [3.05, 3.63) is 60.8 Å². The molecule has 0 heterocycles. The standard InChI is InChI=1S/C47H81O14P/c1-3-5-7-9-11-12-13-14-15-16-17-18-23-27-31-35-41(50)60-39(37-59-62(56,57)61-47-45(54)43(52)42(51)44(53)46(47)55)36-58-40(49)34-30-26-22-20-19-21-25-29-33-38(48)32-28-24-10-8-6-4-2/h14-15,20-22,24-25,28-29,33,38-39,42-48,51-55H,3-13,16-19,23,26-27,30-32,34-37H2,1-2H3,(H,56,57)/b15-14-,22-20-,25-21-,28-24-,33-29+/t38-,39-,42?,43-,44+,45-,46-,47?/m1/s1. The number of carbonyl (C=O) groups is 2. The van der Waals surface area contributed by atoms with E-state index in [1.165, 1.54) is 57.8 Å². The van der Waals surface area contributed by atoms with Crippen LogP contribution in [0.2, 0.25) is 0 Å². The van der Waals surface area contributed by atoms with Gasteiger partial charge in [0.25, 0.3) is 0 Å². The van der Waals surface area contributed by atoms with E-state index in [2.05, 4.69) is 32.1 Å². The molecule has 1 rings (SSSR count). The Bertz CT molecular complexity index is 1330. The van der Waals surface area contributed by atoms with Crippen LogP contribution in [0.25, 0.3) is 0 Å². The molecule has 0 aromatic carbocycles. The van der Waals surface area contributed by atoms with Crippen molar-refractivity contribution < 1.29 is 68.2 Å². The van der Waals surface area contributed by atoms with Crippen molar-refractivity contribution in [1.29, 1.82) is 0 Å². The third kappa shape index (κ3) is 29.1. The first-order valence-corrected chi connectivity index (χ1v) is 24.7. The molecule has 0 amide bonds. The van der Waals surface area contributed by atoms with Gasteiger partial charge in [-0.3, -0.25) is 18.6 Å². The predicted molar refractivity (Wildman–Crippen MR) is 241 cm³/mol. The van der Waals surface area contributed by atoms with E-state index in [4.69, 9.17) is 18.5 Å². The fourth-order valence-electron chi connectivity index (χ4n) is 6.59. The van der Waals surface area contributed by atoms with Crippen molar-refractivity contribution in [1.82, 2.24) is 0 Å². The van der Waals surface area contributed by atoms with E-state index in [-0.39, 0.29) is 12.8 Å². The van der Waals surface area contributed by atoms with Crippen LogP contribution in [0.5, 0.6) is 0 Å². The number of carbonyl (C=O) groups excluding carboxylic acids is 2. The molecule has 1 aliphatic rings. The maximum Gasteiger partial charge on any atom is 0.472 e.